The number of non-ortho nitro benzene ring substituents is 1. The van der Waals surface area contributed by atoms with Crippen molar-refractivity contribution in [2.75, 3.05) is 11.9 Å². The smallest absolute Gasteiger partial charge is 0.270 e. The lowest BCUT2D eigenvalue weighted by molar-refractivity contribution is -0.384. The van der Waals surface area contributed by atoms with Crippen LogP contribution in [-0.4, -0.2) is 21.8 Å². The number of benzene rings is 2. The summed E-state index contributed by atoms with van der Waals surface area (Å²) in [4.78, 5) is 12.2. The van der Waals surface area contributed by atoms with Gasteiger partial charge < -0.3 is 4.90 Å². The first-order chi connectivity index (χ1) is 12.1. The van der Waals surface area contributed by atoms with E-state index in [1.807, 2.05) is 54.5 Å². The Morgan fingerprint density at radius 2 is 2.04 bits per heavy atom. The number of hydrogen-bond acceptors (Lipinski definition) is 5. The lowest BCUT2D eigenvalue weighted by Crippen LogP contribution is -2.17. The van der Waals surface area contributed by atoms with Crippen molar-refractivity contribution >= 4 is 11.4 Å². The molecule has 0 saturated carbocycles. The van der Waals surface area contributed by atoms with Crippen molar-refractivity contribution in [3.8, 4) is 11.8 Å². The zero-order valence-corrected chi connectivity index (χ0v) is 13.5. The summed E-state index contributed by atoms with van der Waals surface area (Å²) in [6, 6.07) is 16.1. The normalized spacial score (nSPS) is 10.2. The molecule has 0 atom stereocenters. The lowest BCUT2D eigenvalue weighted by Gasteiger charge is -2.19. The standard InChI is InChI=1S/C18H15N5O2/c1-21(18-8-7-17(23(24)25)9-15(18)10-19)12-14-11-20-22(13-14)16-5-3-2-4-6-16/h2-9,11,13H,12H2,1H3. The Kier molecular flexibility index (Phi) is 4.44. The third-order valence-electron chi connectivity index (χ3n) is 3.80. The van der Waals surface area contributed by atoms with Gasteiger partial charge in [-0.15, -0.1) is 0 Å². The summed E-state index contributed by atoms with van der Waals surface area (Å²) in [6.07, 6.45) is 3.68. The third-order valence-corrected chi connectivity index (χ3v) is 3.80. The molecular formula is C18H15N5O2. The van der Waals surface area contributed by atoms with Gasteiger partial charge in [-0.05, 0) is 18.2 Å². The van der Waals surface area contributed by atoms with E-state index in [0.29, 0.717) is 12.2 Å². The van der Waals surface area contributed by atoms with Crippen molar-refractivity contribution in [1.82, 2.24) is 9.78 Å². The van der Waals surface area contributed by atoms with Crippen molar-refractivity contribution in [2.45, 2.75) is 6.54 Å². The number of para-hydroxylation sites is 1. The van der Waals surface area contributed by atoms with Crippen molar-refractivity contribution in [3.63, 3.8) is 0 Å². The van der Waals surface area contributed by atoms with Crippen molar-refractivity contribution in [2.24, 2.45) is 0 Å². The number of hydrogen-bond donors (Lipinski definition) is 0. The van der Waals surface area contributed by atoms with Gasteiger partial charge in [0.1, 0.15) is 6.07 Å². The van der Waals surface area contributed by atoms with E-state index in [-0.39, 0.29) is 11.3 Å². The van der Waals surface area contributed by atoms with Crippen molar-refractivity contribution in [3.05, 3.63) is 82.2 Å². The molecule has 0 saturated heterocycles. The average molecular weight is 333 g/mol. The molecule has 0 spiro atoms. The number of nitriles is 1. The second-order valence-electron chi connectivity index (χ2n) is 5.56. The number of anilines is 1. The van der Waals surface area contributed by atoms with E-state index in [2.05, 4.69) is 5.10 Å². The van der Waals surface area contributed by atoms with Gasteiger partial charge in [-0.3, -0.25) is 10.1 Å². The molecule has 2 aromatic carbocycles. The zero-order valence-electron chi connectivity index (χ0n) is 13.5. The zero-order chi connectivity index (χ0) is 17.8. The Labute approximate surface area is 144 Å². The van der Waals surface area contributed by atoms with Crippen LogP contribution >= 0.6 is 0 Å². The van der Waals surface area contributed by atoms with Gasteiger partial charge in [0.15, 0.2) is 0 Å². The highest BCUT2D eigenvalue weighted by Crippen LogP contribution is 2.25. The minimum absolute atomic E-state index is 0.0920. The molecule has 3 aromatic rings. The Morgan fingerprint density at radius 3 is 2.72 bits per heavy atom. The predicted molar refractivity (Wildman–Crippen MR) is 93.5 cm³/mol. The Morgan fingerprint density at radius 1 is 1.28 bits per heavy atom. The van der Waals surface area contributed by atoms with Crippen LogP contribution in [0, 0.1) is 21.4 Å². The summed E-state index contributed by atoms with van der Waals surface area (Å²) < 4.78 is 1.78. The maximum absolute atomic E-state index is 10.9. The molecule has 0 bridgehead atoms. The Hall–Kier alpha value is -3.66. The van der Waals surface area contributed by atoms with Gasteiger partial charge >= 0.3 is 0 Å². The molecule has 7 heteroatoms. The molecule has 0 aliphatic rings. The first kappa shape index (κ1) is 16.2. The van der Waals surface area contributed by atoms with Crippen LogP contribution in [0.2, 0.25) is 0 Å². The van der Waals surface area contributed by atoms with Crippen LogP contribution in [0.5, 0.6) is 0 Å². The van der Waals surface area contributed by atoms with E-state index >= 15 is 0 Å². The van der Waals surface area contributed by atoms with E-state index < -0.39 is 4.92 Å². The summed E-state index contributed by atoms with van der Waals surface area (Å²) in [6.45, 7) is 0.527. The third kappa shape index (κ3) is 3.48. The minimum Gasteiger partial charge on any atom is -0.369 e. The molecule has 25 heavy (non-hydrogen) atoms. The fourth-order valence-corrected chi connectivity index (χ4v) is 2.58. The first-order valence-corrected chi connectivity index (χ1v) is 7.57. The molecule has 124 valence electrons. The van der Waals surface area contributed by atoms with E-state index in [1.54, 1.807) is 16.9 Å². The average Bonchev–Trinajstić information content (AvgIpc) is 3.10. The summed E-state index contributed by atoms with van der Waals surface area (Å²) in [5, 5.41) is 24.5. The molecule has 0 radical (unpaired) electrons. The van der Waals surface area contributed by atoms with E-state index in [1.165, 1.54) is 12.1 Å². The molecular weight excluding hydrogens is 318 g/mol. The Bertz CT molecular complexity index is 944. The molecule has 0 aliphatic carbocycles. The fraction of sp³-hybridized carbons (Fsp3) is 0.111. The first-order valence-electron chi connectivity index (χ1n) is 7.57. The van der Waals surface area contributed by atoms with Gasteiger partial charge in [-0.25, -0.2) is 4.68 Å². The van der Waals surface area contributed by atoms with Crippen LogP contribution in [-0.2, 0) is 6.54 Å². The maximum atomic E-state index is 10.9. The molecule has 0 aliphatic heterocycles. The van der Waals surface area contributed by atoms with Crippen LogP contribution in [0.25, 0.3) is 5.69 Å². The number of nitro benzene ring substituents is 1. The molecule has 7 nitrogen and oxygen atoms in total. The quantitative estimate of drug-likeness (QED) is 0.528. The lowest BCUT2D eigenvalue weighted by atomic mass is 10.1. The molecule has 0 unspecified atom stereocenters. The molecule has 0 N–H and O–H groups in total. The number of nitro groups is 1. The van der Waals surface area contributed by atoms with E-state index in [9.17, 15) is 15.4 Å². The molecule has 1 heterocycles. The molecule has 0 amide bonds. The molecule has 0 fully saturated rings. The van der Waals surface area contributed by atoms with Crippen LogP contribution < -0.4 is 4.90 Å². The van der Waals surface area contributed by atoms with Gasteiger partial charge in [-0.2, -0.15) is 10.4 Å². The highest BCUT2D eigenvalue weighted by Gasteiger charge is 2.14. The largest absolute Gasteiger partial charge is 0.369 e. The Balaban J connectivity index is 1.81. The van der Waals surface area contributed by atoms with Crippen LogP contribution in [0.1, 0.15) is 11.1 Å². The fourth-order valence-electron chi connectivity index (χ4n) is 2.58. The predicted octanol–water partition coefficient (Wildman–Crippen LogP) is 3.29. The maximum Gasteiger partial charge on any atom is 0.270 e. The van der Waals surface area contributed by atoms with Crippen molar-refractivity contribution < 1.29 is 4.92 Å². The second kappa shape index (κ2) is 6.84. The van der Waals surface area contributed by atoms with Gasteiger partial charge in [-0.1, -0.05) is 18.2 Å². The highest BCUT2D eigenvalue weighted by atomic mass is 16.6. The van der Waals surface area contributed by atoms with Crippen LogP contribution in [0.3, 0.4) is 0 Å². The summed E-state index contributed by atoms with van der Waals surface area (Å²) >= 11 is 0. The van der Waals surface area contributed by atoms with Crippen LogP contribution in [0.15, 0.2) is 60.9 Å². The summed E-state index contributed by atoms with van der Waals surface area (Å²) in [5.41, 5.74) is 2.75. The summed E-state index contributed by atoms with van der Waals surface area (Å²) in [5.74, 6) is 0. The molecule has 3 rings (SSSR count). The SMILES string of the molecule is CN(Cc1cnn(-c2ccccc2)c1)c1ccc([N+](=O)[O-])cc1C#N. The van der Waals surface area contributed by atoms with Gasteiger partial charge in [0.2, 0.25) is 0 Å². The summed E-state index contributed by atoms with van der Waals surface area (Å²) in [7, 11) is 1.84. The number of rotatable bonds is 5. The molecule has 1 aromatic heterocycles. The number of aromatic nitrogens is 2. The van der Waals surface area contributed by atoms with E-state index in [0.717, 1.165) is 11.3 Å². The highest BCUT2D eigenvalue weighted by molar-refractivity contribution is 5.62. The van der Waals surface area contributed by atoms with Crippen LogP contribution in [0.4, 0.5) is 11.4 Å². The van der Waals surface area contributed by atoms with Gasteiger partial charge in [0.05, 0.1) is 28.1 Å². The minimum atomic E-state index is -0.505. The van der Waals surface area contributed by atoms with Gasteiger partial charge in [0, 0.05) is 37.5 Å². The number of nitrogens with zero attached hydrogens (tertiary/aromatic N) is 5. The monoisotopic (exact) mass is 333 g/mol. The van der Waals surface area contributed by atoms with E-state index in [4.69, 9.17) is 0 Å². The van der Waals surface area contributed by atoms with Gasteiger partial charge in [0.25, 0.3) is 5.69 Å². The van der Waals surface area contributed by atoms with Crippen molar-refractivity contribution in [1.29, 1.82) is 5.26 Å². The second-order valence-corrected chi connectivity index (χ2v) is 5.56. The topological polar surface area (TPSA) is 88.0 Å².